The third-order valence-corrected chi connectivity index (χ3v) is 5.05. The average molecular weight is 389 g/mol. The van der Waals surface area contributed by atoms with E-state index in [0.29, 0.717) is 19.6 Å². The minimum absolute atomic E-state index is 0.0359. The van der Waals surface area contributed by atoms with Crippen molar-refractivity contribution in [2.75, 3.05) is 25.0 Å². The van der Waals surface area contributed by atoms with Gasteiger partial charge in [0.25, 0.3) is 0 Å². The average Bonchev–Trinajstić information content (AvgIpc) is 3.07. The second-order valence-corrected chi connectivity index (χ2v) is 7.40. The summed E-state index contributed by atoms with van der Waals surface area (Å²) >= 11 is 0. The standard InChI is InChI=1S/C19H27N5O4/c1-11-7-15(10-23-5-6-24(19(26)27)12(2)9-23)13(3)16(8-11)20-18-22-21-17(28-18)14(4)25/h7-8,12,14,25H,5-6,9-10H2,1-4H3,(H,20,22)(H,26,27)/t12-,14?/m0/s1. The number of carboxylic acid groups (broad SMARTS) is 1. The van der Waals surface area contributed by atoms with Crippen LogP contribution in [-0.2, 0) is 6.54 Å². The number of piperazine rings is 1. The molecule has 0 radical (unpaired) electrons. The van der Waals surface area contributed by atoms with Crippen LogP contribution in [0.3, 0.4) is 0 Å². The van der Waals surface area contributed by atoms with Crippen LogP contribution in [0.4, 0.5) is 16.5 Å². The van der Waals surface area contributed by atoms with E-state index in [4.69, 9.17) is 4.42 Å². The lowest BCUT2D eigenvalue weighted by molar-refractivity contribution is 0.0710. The monoisotopic (exact) mass is 389 g/mol. The molecule has 1 amide bonds. The molecule has 3 rings (SSSR count). The molecule has 1 aromatic carbocycles. The van der Waals surface area contributed by atoms with Gasteiger partial charge in [-0.1, -0.05) is 11.2 Å². The molecule has 2 atom stereocenters. The molecule has 2 aromatic rings. The van der Waals surface area contributed by atoms with E-state index >= 15 is 0 Å². The van der Waals surface area contributed by atoms with Gasteiger partial charge in [-0.3, -0.25) is 4.90 Å². The van der Waals surface area contributed by atoms with Crippen molar-refractivity contribution in [2.45, 2.75) is 46.4 Å². The van der Waals surface area contributed by atoms with Crippen molar-refractivity contribution in [2.24, 2.45) is 0 Å². The van der Waals surface area contributed by atoms with Crippen molar-refractivity contribution < 1.29 is 19.4 Å². The highest BCUT2D eigenvalue weighted by molar-refractivity contribution is 5.65. The molecule has 28 heavy (non-hydrogen) atoms. The lowest BCUT2D eigenvalue weighted by atomic mass is 10.0. The molecule has 1 unspecified atom stereocenters. The molecule has 152 valence electrons. The van der Waals surface area contributed by atoms with Crippen LogP contribution < -0.4 is 5.32 Å². The molecule has 1 fully saturated rings. The number of aliphatic hydroxyl groups is 1. The molecule has 1 saturated heterocycles. The first-order chi connectivity index (χ1) is 13.2. The molecule has 3 N–H and O–H groups in total. The second kappa shape index (κ2) is 8.15. The highest BCUT2D eigenvalue weighted by atomic mass is 16.4. The maximum atomic E-state index is 11.3. The molecule has 0 aliphatic carbocycles. The Labute approximate surface area is 164 Å². The fraction of sp³-hybridized carbons (Fsp3) is 0.526. The molecule has 1 aliphatic heterocycles. The van der Waals surface area contributed by atoms with E-state index in [9.17, 15) is 15.0 Å². The van der Waals surface area contributed by atoms with E-state index in [2.05, 4.69) is 26.5 Å². The van der Waals surface area contributed by atoms with E-state index in [1.807, 2.05) is 26.8 Å². The van der Waals surface area contributed by atoms with Gasteiger partial charge in [-0.05, 0) is 50.5 Å². The number of rotatable bonds is 5. The Balaban J connectivity index is 1.74. The zero-order valence-electron chi connectivity index (χ0n) is 16.6. The van der Waals surface area contributed by atoms with E-state index in [1.165, 1.54) is 4.90 Å². The van der Waals surface area contributed by atoms with Crippen LogP contribution in [0.1, 0.15) is 42.5 Å². The number of hydrogen-bond acceptors (Lipinski definition) is 7. The SMILES string of the molecule is Cc1cc(CN2CCN(C(=O)O)[C@@H](C)C2)c(C)c(Nc2nnc(C(C)O)o2)c1. The Morgan fingerprint density at radius 3 is 2.71 bits per heavy atom. The van der Waals surface area contributed by atoms with Gasteiger partial charge in [0.1, 0.15) is 6.10 Å². The molecular weight excluding hydrogens is 362 g/mol. The maximum Gasteiger partial charge on any atom is 0.407 e. The number of carbonyl (C=O) groups is 1. The van der Waals surface area contributed by atoms with Gasteiger partial charge in [-0.15, -0.1) is 5.10 Å². The van der Waals surface area contributed by atoms with Crippen LogP contribution in [0.15, 0.2) is 16.5 Å². The van der Waals surface area contributed by atoms with Gasteiger partial charge in [-0.2, -0.15) is 0 Å². The van der Waals surface area contributed by atoms with Gasteiger partial charge in [0.2, 0.25) is 5.89 Å². The van der Waals surface area contributed by atoms with E-state index in [-0.39, 0.29) is 17.9 Å². The number of aryl methyl sites for hydroxylation is 1. The third-order valence-electron chi connectivity index (χ3n) is 5.05. The second-order valence-electron chi connectivity index (χ2n) is 7.40. The number of nitrogens with zero attached hydrogens (tertiary/aromatic N) is 4. The van der Waals surface area contributed by atoms with Crippen LogP contribution in [0.5, 0.6) is 0 Å². The fourth-order valence-electron chi connectivity index (χ4n) is 3.50. The third kappa shape index (κ3) is 4.42. The summed E-state index contributed by atoms with van der Waals surface area (Å²) in [6.45, 7) is 10.2. The van der Waals surface area contributed by atoms with E-state index < -0.39 is 12.2 Å². The summed E-state index contributed by atoms with van der Waals surface area (Å²) in [5.41, 5.74) is 4.19. The summed E-state index contributed by atoms with van der Waals surface area (Å²) in [5, 5.41) is 29.7. The summed E-state index contributed by atoms with van der Waals surface area (Å²) in [4.78, 5) is 15.0. The van der Waals surface area contributed by atoms with Crippen LogP contribution in [-0.4, -0.2) is 62.0 Å². The molecule has 1 aromatic heterocycles. The molecule has 0 saturated carbocycles. The Morgan fingerprint density at radius 1 is 1.36 bits per heavy atom. The number of amides is 1. The van der Waals surface area contributed by atoms with Gasteiger partial charge < -0.3 is 24.8 Å². The van der Waals surface area contributed by atoms with Crippen molar-refractivity contribution in [1.29, 1.82) is 0 Å². The van der Waals surface area contributed by atoms with E-state index in [0.717, 1.165) is 28.9 Å². The van der Waals surface area contributed by atoms with Gasteiger partial charge in [-0.25, -0.2) is 4.79 Å². The maximum absolute atomic E-state index is 11.3. The smallest absolute Gasteiger partial charge is 0.407 e. The fourth-order valence-corrected chi connectivity index (χ4v) is 3.50. The summed E-state index contributed by atoms with van der Waals surface area (Å²) < 4.78 is 5.43. The predicted octanol–water partition coefficient (Wildman–Crippen LogP) is 2.67. The lowest BCUT2D eigenvalue weighted by Crippen LogP contribution is -2.53. The van der Waals surface area contributed by atoms with E-state index in [1.54, 1.807) is 6.92 Å². The summed E-state index contributed by atoms with van der Waals surface area (Å²) in [5.74, 6) is 0.165. The first kappa shape index (κ1) is 20.1. The lowest BCUT2D eigenvalue weighted by Gasteiger charge is -2.38. The zero-order chi connectivity index (χ0) is 20.4. The van der Waals surface area contributed by atoms with Gasteiger partial charge in [0, 0.05) is 37.9 Å². The van der Waals surface area contributed by atoms with Crippen LogP contribution in [0.25, 0.3) is 0 Å². The number of anilines is 2. The van der Waals surface area contributed by atoms with Crippen LogP contribution in [0.2, 0.25) is 0 Å². The highest BCUT2D eigenvalue weighted by Gasteiger charge is 2.27. The summed E-state index contributed by atoms with van der Waals surface area (Å²) in [6, 6.07) is 4.35. The minimum atomic E-state index is -0.860. The minimum Gasteiger partial charge on any atom is -0.465 e. The number of aliphatic hydroxyl groups excluding tert-OH is 1. The predicted molar refractivity (Wildman–Crippen MR) is 104 cm³/mol. The molecule has 9 heteroatoms. The van der Waals surface area contributed by atoms with Crippen molar-refractivity contribution in [1.82, 2.24) is 20.0 Å². The topological polar surface area (TPSA) is 115 Å². The Hall–Kier alpha value is -2.65. The molecular formula is C19H27N5O4. The molecule has 0 bridgehead atoms. The van der Waals surface area contributed by atoms with Crippen molar-refractivity contribution in [3.63, 3.8) is 0 Å². The quantitative estimate of drug-likeness (QED) is 0.715. The van der Waals surface area contributed by atoms with Gasteiger partial charge in [0.15, 0.2) is 0 Å². The number of nitrogens with one attached hydrogen (secondary N) is 1. The van der Waals surface area contributed by atoms with Crippen LogP contribution >= 0.6 is 0 Å². The molecule has 9 nitrogen and oxygen atoms in total. The first-order valence-electron chi connectivity index (χ1n) is 9.35. The Kier molecular flexibility index (Phi) is 5.85. The van der Waals surface area contributed by atoms with Crippen LogP contribution in [0, 0.1) is 13.8 Å². The zero-order valence-corrected chi connectivity index (χ0v) is 16.6. The van der Waals surface area contributed by atoms with Crippen molar-refractivity contribution >= 4 is 17.8 Å². The molecule has 1 aliphatic rings. The summed E-state index contributed by atoms with van der Waals surface area (Å²) in [6.07, 6.45) is -1.68. The molecule has 2 heterocycles. The van der Waals surface area contributed by atoms with Crippen molar-refractivity contribution in [3.8, 4) is 0 Å². The Morgan fingerprint density at radius 2 is 2.11 bits per heavy atom. The van der Waals surface area contributed by atoms with Gasteiger partial charge in [0.05, 0.1) is 0 Å². The number of hydrogen-bond donors (Lipinski definition) is 3. The Bertz CT molecular complexity index is 851. The normalized spacial score (nSPS) is 18.9. The number of aromatic nitrogens is 2. The van der Waals surface area contributed by atoms with Crippen molar-refractivity contribution in [3.05, 3.63) is 34.7 Å². The molecule has 0 spiro atoms. The van der Waals surface area contributed by atoms with Gasteiger partial charge >= 0.3 is 12.1 Å². The summed E-state index contributed by atoms with van der Waals surface area (Å²) in [7, 11) is 0. The largest absolute Gasteiger partial charge is 0.465 e. The highest BCUT2D eigenvalue weighted by Crippen LogP contribution is 2.27. The number of benzene rings is 1. The first-order valence-corrected chi connectivity index (χ1v) is 9.35.